The van der Waals surface area contributed by atoms with Crippen LogP contribution in [0.1, 0.15) is 6.92 Å². The molecule has 1 N–H and O–H groups in total. The monoisotopic (exact) mass is 501 g/mol. The molecule has 1 aliphatic heterocycles. The number of hydrogen-bond donors (Lipinski definition) is 1. The Bertz CT molecular complexity index is 1160. The average molecular weight is 501 g/mol. The van der Waals surface area contributed by atoms with Crippen molar-refractivity contribution in [3.63, 3.8) is 0 Å². The van der Waals surface area contributed by atoms with Gasteiger partial charge in [0, 0.05) is 0 Å². The standard InChI is InChI=1S/C22H19FIN4O/c1-14-6-7-15(11-24-28-14)12-25-22-19-9-17(16-4-3-5-18(23)8-16)10-20(29-2)21(19)26-13-27-22/h3-11,13H,12H2,1-2H3,(H,25,26,27)/q-1. The summed E-state index contributed by atoms with van der Waals surface area (Å²) < 4.78 is 26.0. The van der Waals surface area contributed by atoms with Crippen molar-refractivity contribution in [2.75, 3.05) is 19.0 Å². The van der Waals surface area contributed by atoms with Crippen LogP contribution in [-0.4, -0.2) is 29.3 Å². The van der Waals surface area contributed by atoms with Crippen LogP contribution in [0, 0.1) is 5.82 Å². The van der Waals surface area contributed by atoms with E-state index in [4.69, 9.17) is 4.74 Å². The number of ether oxygens (including phenoxy) is 1. The molecule has 3 aromatic rings. The molecule has 0 saturated heterocycles. The summed E-state index contributed by atoms with van der Waals surface area (Å²) >= 11 is -0.323. The fraction of sp³-hybridized carbons (Fsp3) is 0.136. The molecule has 2 aromatic carbocycles. The van der Waals surface area contributed by atoms with Crippen molar-refractivity contribution in [3.05, 3.63) is 70.4 Å². The molecule has 0 amide bonds. The summed E-state index contributed by atoms with van der Waals surface area (Å²) in [4.78, 5) is 8.83. The van der Waals surface area contributed by atoms with E-state index in [-0.39, 0.29) is 27.3 Å². The third-order valence-electron chi connectivity index (χ3n) is 4.45. The molecule has 0 atom stereocenters. The molecule has 0 bridgehead atoms. The molecule has 0 spiro atoms. The van der Waals surface area contributed by atoms with Gasteiger partial charge in [-0.2, -0.15) is 0 Å². The van der Waals surface area contributed by atoms with E-state index in [1.165, 1.54) is 24.0 Å². The van der Waals surface area contributed by atoms with E-state index in [1.54, 1.807) is 13.2 Å². The van der Waals surface area contributed by atoms with Crippen LogP contribution in [0.4, 0.5) is 10.2 Å². The first-order valence-electron chi connectivity index (χ1n) is 9.01. The SMILES string of the molecule is COc1cc(-c2cccc(F)c2)cc2c(NCC3=C[I-]N=C(C)C=C3)ncnc12. The van der Waals surface area contributed by atoms with Crippen molar-refractivity contribution in [3.8, 4) is 16.9 Å². The number of nitrogens with zero attached hydrogens (tertiary/aromatic N) is 3. The quantitative estimate of drug-likeness (QED) is 0.542. The summed E-state index contributed by atoms with van der Waals surface area (Å²) in [6, 6.07) is 10.3. The van der Waals surface area contributed by atoms with Crippen LogP contribution >= 0.6 is 0 Å². The first-order valence-corrected chi connectivity index (χ1v) is 11.2. The van der Waals surface area contributed by atoms with E-state index in [1.807, 2.05) is 31.2 Å². The summed E-state index contributed by atoms with van der Waals surface area (Å²) in [6.07, 6.45) is 5.64. The Kier molecular flexibility index (Phi) is 5.84. The summed E-state index contributed by atoms with van der Waals surface area (Å²) in [5.41, 5.74) is 4.56. The maximum atomic E-state index is 13.7. The topological polar surface area (TPSA) is 59.4 Å². The molecular weight excluding hydrogens is 482 g/mol. The number of allylic oxidation sites excluding steroid dienone is 1. The maximum absolute atomic E-state index is 13.7. The Morgan fingerprint density at radius 3 is 2.83 bits per heavy atom. The molecule has 1 aliphatic rings. The molecular formula is C22H19FIN4O-. The van der Waals surface area contributed by atoms with Crippen molar-refractivity contribution in [1.82, 2.24) is 9.97 Å². The zero-order valence-electron chi connectivity index (χ0n) is 16.0. The second-order valence-corrected chi connectivity index (χ2v) is 8.16. The molecule has 0 unspecified atom stereocenters. The molecule has 0 aliphatic carbocycles. The third kappa shape index (κ3) is 4.45. The van der Waals surface area contributed by atoms with Gasteiger partial charge in [0.25, 0.3) is 0 Å². The Balaban J connectivity index is 1.72. The first-order chi connectivity index (χ1) is 14.1. The van der Waals surface area contributed by atoms with Gasteiger partial charge in [-0.25, -0.2) is 0 Å². The summed E-state index contributed by atoms with van der Waals surface area (Å²) in [5, 5.41) is 4.23. The number of halogens is 2. The summed E-state index contributed by atoms with van der Waals surface area (Å²) in [7, 11) is 1.60. The van der Waals surface area contributed by atoms with Crippen molar-refractivity contribution in [2.24, 2.45) is 3.21 Å². The number of nitrogens with one attached hydrogen (secondary N) is 1. The fourth-order valence-electron chi connectivity index (χ4n) is 3.01. The number of fused-ring (bicyclic) bond motifs is 1. The normalized spacial score (nSPS) is 13.9. The number of rotatable bonds is 5. The summed E-state index contributed by atoms with van der Waals surface area (Å²) in [6.45, 7) is 2.65. The van der Waals surface area contributed by atoms with Gasteiger partial charge in [-0.05, 0) is 0 Å². The van der Waals surface area contributed by atoms with E-state index in [2.05, 4.69) is 28.6 Å². The van der Waals surface area contributed by atoms with Gasteiger partial charge in [-0.1, -0.05) is 0 Å². The number of benzene rings is 2. The molecule has 4 rings (SSSR count). The van der Waals surface area contributed by atoms with Gasteiger partial charge in [0.1, 0.15) is 0 Å². The Morgan fingerprint density at radius 2 is 2.00 bits per heavy atom. The minimum absolute atomic E-state index is 0.280. The van der Waals surface area contributed by atoms with Crippen molar-refractivity contribution in [1.29, 1.82) is 0 Å². The number of methoxy groups -OCH3 is 1. The predicted octanol–water partition coefficient (Wildman–Crippen LogP) is 1.77. The number of anilines is 1. The van der Waals surface area contributed by atoms with Crippen LogP contribution in [0.25, 0.3) is 22.0 Å². The average Bonchev–Trinajstić information content (AvgIpc) is 2.95. The zero-order valence-corrected chi connectivity index (χ0v) is 18.1. The Hall–Kier alpha value is -2.81. The molecule has 5 nitrogen and oxygen atoms in total. The molecule has 7 heteroatoms. The van der Waals surface area contributed by atoms with Gasteiger partial charge in [0.05, 0.1) is 0 Å². The van der Waals surface area contributed by atoms with Gasteiger partial charge in [0.2, 0.25) is 0 Å². The van der Waals surface area contributed by atoms with Crippen molar-refractivity contribution in [2.45, 2.75) is 6.92 Å². The van der Waals surface area contributed by atoms with Crippen molar-refractivity contribution >= 4 is 22.4 Å². The van der Waals surface area contributed by atoms with Crippen LogP contribution in [0.3, 0.4) is 0 Å². The first kappa shape index (κ1) is 19.5. The van der Waals surface area contributed by atoms with Crippen LogP contribution in [0.2, 0.25) is 0 Å². The number of aromatic nitrogens is 2. The van der Waals surface area contributed by atoms with Crippen LogP contribution in [0.5, 0.6) is 5.75 Å². The molecule has 29 heavy (non-hydrogen) atoms. The predicted molar refractivity (Wildman–Crippen MR) is 110 cm³/mol. The van der Waals surface area contributed by atoms with Crippen LogP contribution in [-0.2, 0) is 0 Å². The van der Waals surface area contributed by atoms with Gasteiger partial charge in [0.15, 0.2) is 0 Å². The van der Waals surface area contributed by atoms with E-state index < -0.39 is 0 Å². The minimum atomic E-state index is -0.323. The fourth-order valence-corrected chi connectivity index (χ4v) is 4.53. The molecule has 1 aromatic heterocycles. The van der Waals surface area contributed by atoms with E-state index in [9.17, 15) is 4.39 Å². The van der Waals surface area contributed by atoms with Crippen molar-refractivity contribution < 1.29 is 30.6 Å². The van der Waals surface area contributed by atoms with Gasteiger partial charge in [-0.3, -0.25) is 0 Å². The Morgan fingerprint density at radius 1 is 1.10 bits per heavy atom. The van der Waals surface area contributed by atoms with Gasteiger partial charge < -0.3 is 0 Å². The molecule has 0 radical (unpaired) electrons. The van der Waals surface area contributed by atoms with E-state index >= 15 is 0 Å². The van der Waals surface area contributed by atoms with Crippen LogP contribution < -0.4 is 31.5 Å². The molecule has 0 saturated carbocycles. The Labute approximate surface area is 179 Å². The zero-order chi connectivity index (χ0) is 20.2. The van der Waals surface area contributed by atoms with E-state index in [0.717, 1.165) is 22.2 Å². The number of hydrogen-bond acceptors (Lipinski definition) is 5. The van der Waals surface area contributed by atoms with Gasteiger partial charge >= 0.3 is 179 Å². The second-order valence-electron chi connectivity index (χ2n) is 6.50. The molecule has 148 valence electrons. The van der Waals surface area contributed by atoms with Crippen LogP contribution in [0.15, 0.2) is 67.7 Å². The van der Waals surface area contributed by atoms with E-state index in [0.29, 0.717) is 23.6 Å². The van der Waals surface area contributed by atoms with Gasteiger partial charge in [-0.15, -0.1) is 0 Å². The summed E-state index contributed by atoms with van der Waals surface area (Å²) in [5.74, 6) is 1.05. The second kappa shape index (κ2) is 8.69. The molecule has 2 heterocycles. The molecule has 0 fully saturated rings. The third-order valence-corrected chi connectivity index (χ3v) is 6.57.